The van der Waals surface area contributed by atoms with Gasteiger partial charge in [0.2, 0.25) is 0 Å². The fourth-order valence-corrected chi connectivity index (χ4v) is 1.66. The highest BCUT2D eigenvalue weighted by atomic mass is 35.5. The molecule has 15 heavy (non-hydrogen) atoms. The number of unbranched alkanes of at least 4 members (excludes halogenated alkanes) is 1. The zero-order valence-electron chi connectivity index (χ0n) is 9.04. The molecule has 0 aromatic heterocycles. The highest BCUT2D eigenvalue weighted by Gasteiger charge is 2.06. The first-order chi connectivity index (χ1) is 7.15. The molecule has 84 valence electrons. The maximum atomic E-state index is 8.67. The third kappa shape index (κ3) is 3.82. The Morgan fingerprint density at radius 2 is 2.13 bits per heavy atom. The van der Waals surface area contributed by atoms with Crippen LogP contribution in [0.3, 0.4) is 0 Å². The molecule has 1 aromatic rings. The maximum Gasteiger partial charge on any atom is 0.0435 e. The molecular weight excluding hydrogens is 210 g/mol. The second-order valence-corrected chi connectivity index (χ2v) is 4.24. The molecule has 0 aliphatic rings. The summed E-state index contributed by atoms with van der Waals surface area (Å²) in [5, 5.41) is 9.45. The Morgan fingerprint density at radius 3 is 2.73 bits per heavy atom. The highest BCUT2D eigenvalue weighted by molar-refractivity contribution is 6.31. The van der Waals surface area contributed by atoms with E-state index in [9.17, 15) is 0 Å². The van der Waals surface area contributed by atoms with Gasteiger partial charge in [-0.05, 0) is 43.4 Å². The molecule has 1 atom stereocenters. The number of nitrogens with two attached hydrogens (primary N) is 1. The van der Waals surface area contributed by atoms with Gasteiger partial charge >= 0.3 is 0 Å². The first kappa shape index (κ1) is 12.5. The molecule has 1 unspecified atom stereocenters. The van der Waals surface area contributed by atoms with Gasteiger partial charge in [-0.1, -0.05) is 23.7 Å². The summed E-state index contributed by atoms with van der Waals surface area (Å²) in [5.74, 6) is 0. The molecule has 0 aliphatic heterocycles. The molecule has 3 heteroatoms. The van der Waals surface area contributed by atoms with E-state index in [1.165, 1.54) is 0 Å². The lowest BCUT2D eigenvalue weighted by atomic mass is 10.0. The molecule has 0 spiro atoms. The van der Waals surface area contributed by atoms with Crippen molar-refractivity contribution in [2.75, 3.05) is 6.61 Å². The van der Waals surface area contributed by atoms with Crippen LogP contribution < -0.4 is 5.73 Å². The van der Waals surface area contributed by atoms with Crippen molar-refractivity contribution in [2.24, 2.45) is 5.73 Å². The standard InChI is InChI=1S/C12H18ClNO/c1-9-8-10(5-6-11(9)13)12(14)4-2-3-7-15/h5-6,8,12,15H,2-4,7,14H2,1H3. The van der Waals surface area contributed by atoms with Crippen molar-refractivity contribution in [3.63, 3.8) is 0 Å². The summed E-state index contributed by atoms with van der Waals surface area (Å²) in [6.45, 7) is 2.22. The van der Waals surface area contributed by atoms with E-state index in [2.05, 4.69) is 0 Å². The number of halogens is 1. The van der Waals surface area contributed by atoms with Crippen LogP contribution in [-0.4, -0.2) is 11.7 Å². The Bertz CT molecular complexity index is 314. The number of hydrogen-bond donors (Lipinski definition) is 2. The molecule has 0 aliphatic carbocycles. The number of benzene rings is 1. The molecular formula is C12H18ClNO. The number of aliphatic hydroxyl groups is 1. The second kappa shape index (κ2) is 6.11. The van der Waals surface area contributed by atoms with Crippen molar-refractivity contribution in [3.8, 4) is 0 Å². The van der Waals surface area contributed by atoms with E-state index in [0.29, 0.717) is 0 Å². The van der Waals surface area contributed by atoms with Crippen LogP contribution in [0, 0.1) is 6.92 Å². The zero-order valence-corrected chi connectivity index (χ0v) is 9.80. The van der Waals surface area contributed by atoms with Gasteiger partial charge in [0.05, 0.1) is 0 Å². The SMILES string of the molecule is Cc1cc(C(N)CCCCO)ccc1Cl. The smallest absolute Gasteiger partial charge is 0.0435 e. The van der Waals surface area contributed by atoms with Gasteiger partial charge in [0, 0.05) is 17.7 Å². The van der Waals surface area contributed by atoms with E-state index >= 15 is 0 Å². The van der Waals surface area contributed by atoms with E-state index < -0.39 is 0 Å². The lowest BCUT2D eigenvalue weighted by molar-refractivity contribution is 0.281. The van der Waals surface area contributed by atoms with Crippen LogP contribution >= 0.6 is 11.6 Å². The number of hydrogen-bond acceptors (Lipinski definition) is 2. The molecule has 1 rings (SSSR count). The number of aryl methyl sites for hydroxylation is 1. The predicted octanol–water partition coefficient (Wildman–Crippen LogP) is 2.81. The van der Waals surface area contributed by atoms with Crippen LogP contribution in [0.25, 0.3) is 0 Å². The van der Waals surface area contributed by atoms with Crippen molar-refractivity contribution in [3.05, 3.63) is 34.3 Å². The Balaban J connectivity index is 2.57. The first-order valence-corrected chi connectivity index (χ1v) is 5.65. The Labute approximate surface area is 96.1 Å². The minimum absolute atomic E-state index is 0.0486. The summed E-state index contributed by atoms with van der Waals surface area (Å²) in [4.78, 5) is 0. The van der Waals surface area contributed by atoms with Crippen LogP contribution in [0.2, 0.25) is 5.02 Å². The lowest BCUT2D eigenvalue weighted by Gasteiger charge is -2.12. The van der Waals surface area contributed by atoms with Gasteiger partial charge in [-0.2, -0.15) is 0 Å². The molecule has 0 saturated carbocycles. The van der Waals surface area contributed by atoms with E-state index in [0.717, 1.165) is 35.4 Å². The summed E-state index contributed by atoms with van der Waals surface area (Å²) in [7, 11) is 0. The van der Waals surface area contributed by atoms with E-state index in [1.807, 2.05) is 25.1 Å². The largest absolute Gasteiger partial charge is 0.396 e. The van der Waals surface area contributed by atoms with E-state index in [1.54, 1.807) is 0 Å². The molecule has 0 bridgehead atoms. The molecule has 0 radical (unpaired) electrons. The molecule has 0 amide bonds. The average molecular weight is 228 g/mol. The van der Waals surface area contributed by atoms with Crippen LogP contribution in [0.4, 0.5) is 0 Å². The zero-order chi connectivity index (χ0) is 11.3. The summed E-state index contributed by atoms with van der Waals surface area (Å²) in [6.07, 6.45) is 2.68. The van der Waals surface area contributed by atoms with Crippen molar-refractivity contribution in [2.45, 2.75) is 32.2 Å². The minimum Gasteiger partial charge on any atom is -0.396 e. The summed E-state index contributed by atoms with van der Waals surface area (Å²) < 4.78 is 0. The fourth-order valence-electron chi connectivity index (χ4n) is 1.54. The molecule has 1 aromatic carbocycles. The Kier molecular flexibility index (Phi) is 5.09. The average Bonchev–Trinajstić information content (AvgIpc) is 2.22. The van der Waals surface area contributed by atoms with Gasteiger partial charge in [0.25, 0.3) is 0 Å². The Hall–Kier alpha value is -0.570. The third-order valence-electron chi connectivity index (χ3n) is 2.53. The van der Waals surface area contributed by atoms with Gasteiger partial charge < -0.3 is 10.8 Å². The van der Waals surface area contributed by atoms with Crippen LogP contribution in [0.15, 0.2) is 18.2 Å². The van der Waals surface area contributed by atoms with Crippen LogP contribution in [-0.2, 0) is 0 Å². The van der Waals surface area contributed by atoms with E-state index in [4.69, 9.17) is 22.4 Å². The number of rotatable bonds is 5. The van der Waals surface area contributed by atoms with Crippen LogP contribution in [0.1, 0.15) is 36.4 Å². The molecule has 3 N–H and O–H groups in total. The quantitative estimate of drug-likeness (QED) is 0.760. The third-order valence-corrected chi connectivity index (χ3v) is 2.96. The summed E-state index contributed by atoms with van der Waals surface area (Å²) >= 11 is 5.94. The van der Waals surface area contributed by atoms with Crippen molar-refractivity contribution >= 4 is 11.6 Å². The second-order valence-electron chi connectivity index (χ2n) is 3.83. The summed E-state index contributed by atoms with van der Waals surface area (Å²) in [5.41, 5.74) is 8.21. The molecule has 0 saturated heterocycles. The van der Waals surface area contributed by atoms with Crippen molar-refractivity contribution in [1.82, 2.24) is 0 Å². The van der Waals surface area contributed by atoms with Gasteiger partial charge in [-0.15, -0.1) is 0 Å². The normalized spacial score (nSPS) is 12.8. The van der Waals surface area contributed by atoms with Gasteiger partial charge in [-0.3, -0.25) is 0 Å². The van der Waals surface area contributed by atoms with Crippen molar-refractivity contribution in [1.29, 1.82) is 0 Å². The predicted molar refractivity (Wildman–Crippen MR) is 64.1 cm³/mol. The maximum absolute atomic E-state index is 8.67. The topological polar surface area (TPSA) is 46.2 Å². The fraction of sp³-hybridized carbons (Fsp3) is 0.500. The highest BCUT2D eigenvalue weighted by Crippen LogP contribution is 2.22. The first-order valence-electron chi connectivity index (χ1n) is 5.27. The van der Waals surface area contributed by atoms with E-state index in [-0.39, 0.29) is 12.6 Å². The monoisotopic (exact) mass is 227 g/mol. The lowest BCUT2D eigenvalue weighted by Crippen LogP contribution is -2.10. The van der Waals surface area contributed by atoms with Gasteiger partial charge in [0.1, 0.15) is 0 Å². The van der Waals surface area contributed by atoms with Gasteiger partial charge in [0.15, 0.2) is 0 Å². The van der Waals surface area contributed by atoms with Crippen molar-refractivity contribution < 1.29 is 5.11 Å². The molecule has 2 nitrogen and oxygen atoms in total. The van der Waals surface area contributed by atoms with Gasteiger partial charge in [-0.25, -0.2) is 0 Å². The molecule has 0 heterocycles. The van der Waals surface area contributed by atoms with Crippen LogP contribution in [0.5, 0.6) is 0 Å². The Morgan fingerprint density at radius 1 is 1.40 bits per heavy atom. The minimum atomic E-state index is 0.0486. The summed E-state index contributed by atoms with van der Waals surface area (Å²) in [6, 6.07) is 5.94. The molecule has 0 fully saturated rings. The number of aliphatic hydroxyl groups excluding tert-OH is 1.